The number of benzene rings is 2. The molecule has 1 N–H and O–H groups in total. The predicted octanol–water partition coefficient (Wildman–Crippen LogP) is 2.73. The lowest BCUT2D eigenvalue weighted by Gasteiger charge is -2.29. The van der Waals surface area contributed by atoms with Crippen LogP contribution in [0.3, 0.4) is 0 Å². The summed E-state index contributed by atoms with van der Waals surface area (Å²) in [5.74, 6) is 0.813. The van der Waals surface area contributed by atoms with Crippen LogP contribution in [0.2, 0.25) is 0 Å². The molecule has 1 aliphatic heterocycles. The molecule has 1 saturated carbocycles. The van der Waals surface area contributed by atoms with Crippen LogP contribution in [0.25, 0.3) is 0 Å². The number of carbonyl (C=O) groups excluding carboxylic acids is 1. The summed E-state index contributed by atoms with van der Waals surface area (Å²) in [5.41, 5.74) is 2.59. The fourth-order valence-electron chi connectivity index (χ4n) is 3.65. The Kier molecular flexibility index (Phi) is 5.71. The smallest absolute Gasteiger partial charge is 0.254 e. The van der Waals surface area contributed by atoms with E-state index in [9.17, 15) is 13.2 Å². The van der Waals surface area contributed by atoms with Crippen molar-refractivity contribution in [3.63, 3.8) is 0 Å². The van der Waals surface area contributed by atoms with Gasteiger partial charge in [0.1, 0.15) is 16.4 Å². The van der Waals surface area contributed by atoms with Crippen molar-refractivity contribution >= 4 is 15.9 Å². The lowest BCUT2D eigenvalue weighted by Crippen LogP contribution is -2.36. The maximum Gasteiger partial charge on any atom is 0.254 e. The largest absolute Gasteiger partial charge is 0.495 e. The monoisotopic (exact) mass is 430 g/mol. The number of carbonyl (C=O) groups is 1. The summed E-state index contributed by atoms with van der Waals surface area (Å²) in [6, 6.07) is 10.5. The Labute approximate surface area is 177 Å². The first-order valence-corrected chi connectivity index (χ1v) is 11.6. The molecule has 7 nitrogen and oxygen atoms in total. The summed E-state index contributed by atoms with van der Waals surface area (Å²) in [5, 5.41) is 0. The number of nitrogens with one attached hydrogen (secondary N) is 1. The number of amides is 1. The van der Waals surface area contributed by atoms with E-state index in [2.05, 4.69) is 4.72 Å². The van der Waals surface area contributed by atoms with Crippen LogP contribution in [0.1, 0.15) is 41.3 Å². The minimum atomic E-state index is -3.75. The Morgan fingerprint density at radius 1 is 1.17 bits per heavy atom. The Hall–Kier alpha value is -2.58. The van der Waals surface area contributed by atoms with Crippen molar-refractivity contribution in [2.45, 2.75) is 43.7 Å². The first kappa shape index (κ1) is 20.7. The molecule has 1 amide bonds. The summed E-state index contributed by atoms with van der Waals surface area (Å²) in [7, 11) is -2.33. The van der Waals surface area contributed by atoms with Gasteiger partial charge in [-0.2, -0.15) is 0 Å². The van der Waals surface area contributed by atoms with Crippen molar-refractivity contribution in [1.29, 1.82) is 0 Å². The van der Waals surface area contributed by atoms with Gasteiger partial charge in [-0.3, -0.25) is 4.79 Å². The van der Waals surface area contributed by atoms with Crippen molar-refractivity contribution in [3.05, 3.63) is 53.1 Å². The van der Waals surface area contributed by atoms with Gasteiger partial charge in [-0.05, 0) is 67.6 Å². The molecule has 0 spiro atoms. The first-order chi connectivity index (χ1) is 14.4. The average molecular weight is 431 g/mol. The fraction of sp³-hybridized carbons (Fsp3) is 0.409. The predicted molar refractivity (Wildman–Crippen MR) is 112 cm³/mol. The average Bonchev–Trinajstić information content (AvgIpc) is 3.55. The van der Waals surface area contributed by atoms with Crippen molar-refractivity contribution in [2.24, 2.45) is 0 Å². The minimum Gasteiger partial charge on any atom is -0.495 e. The van der Waals surface area contributed by atoms with Crippen molar-refractivity contribution in [3.8, 4) is 11.5 Å². The van der Waals surface area contributed by atoms with Gasteiger partial charge in [-0.15, -0.1) is 0 Å². The van der Waals surface area contributed by atoms with Gasteiger partial charge in [0.05, 0.1) is 13.7 Å². The van der Waals surface area contributed by atoms with Gasteiger partial charge in [-0.1, -0.05) is 6.07 Å². The van der Waals surface area contributed by atoms with Crippen LogP contribution in [0, 0.1) is 0 Å². The van der Waals surface area contributed by atoms with Crippen LogP contribution < -0.4 is 14.2 Å². The van der Waals surface area contributed by atoms with Gasteiger partial charge in [-0.25, -0.2) is 13.1 Å². The van der Waals surface area contributed by atoms with Gasteiger partial charge in [0, 0.05) is 24.7 Å². The van der Waals surface area contributed by atoms with Crippen LogP contribution in [-0.2, 0) is 23.0 Å². The third kappa shape index (κ3) is 4.29. The van der Waals surface area contributed by atoms with E-state index in [1.165, 1.54) is 18.7 Å². The number of fused-ring (bicyclic) bond motifs is 1. The lowest BCUT2D eigenvalue weighted by molar-refractivity contribution is 0.0734. The highest BCUT2D eigenvalue weighted by Crippen LogP contribution is 2.30. The zero-order chi connectivity index (χ0) is 21.3. The zero-order valence-electron chi connectivity index (χ0n) is 17.2. The second-order valence-electron chi connectivity index (χ2n) is 7.60. The van der Waals surface area contributed by atoms with Crippen molar-refractivity contribution in [1.82, 2.24) is 9.62 Å². The molecule has 0 unspecified atom stereocenters. The van der Waals surface area contributed by atoms with E-state index in [0.29, 0.717) is 25.3 Å². The summed E-state index contributed by atoms with van der Waals surface area (Å²) < 4.78 is 39.0. The molecule has 0 atom stereocenters. The van der Waals surface area contributed by atoms with Gasteiger partial charge in [0.2, 0.25) is 10.0 Å². The molecule has 160 valence electrons. The van der Waals surface area contributed by atoms with E-state index < -0.39 is 10.0 Å². The van der Waals surface area contributed by atoms with Gasteiger partial charge in [0.25, 0.3) is 5.91 Å². The summed E-state index contributed by atoms with van der Waals surface area (Å²) in [6.07, 6.45) is 2.41. The first-order valence-electron chi connectivity index (χ1n) is 10.2. The molecule has 0 aromatic heterocycles. The number of hydrogen-bond donors (Lipinski definition) is 1. The lowest BCUT2D eigenvalue weighted by atomic mass is 9.99. The van der Waals surface area contributed by atoms with Gasteiger partial charge in [0.15, 0.2) is 0 Å². The van der Waals surface area contributed by atoms with Crippen LogP contribution >= 0.6 is 0 Å². The molecule has 2 aromatic rings. The number of methoxy groups -OCH3 is 1. The number of hydrogen-bond acceptors (Lipinski definition) is 5. The van der Waals surface area contributed by atoms with Crippen LogP contribution in [0.5, 0.6) is 11.5 Å². The second-order valence-corrected chi connectivity index (χ2v) is 9.28. The van der Waals surface area contributed by atoms with Crippen molar-refractivity contribution < 1.29 is 22.7 Å². The molecule has 0 radical (unpaired) electrons. The Balaban J connectivity index is 1.59. The Bertz CT molecular complexity index is 1060. The standard InChI is InChI=1S/C22H26N2O5S/c1-3-29-19-8-4-15-10-11-24(14-17(15)12-19)22(25)16-5-9-20(28-2)21(13-16)30(26,27)23-18-6-7-18/h4-5,8-9,12-13,18,23H,3,6-7,10-11,14H2,1-2H3. The number of ether oxygens (including phenoxy) is 2. The molecule has 4 rings (SSSR count). The molecule has 2 aromatic carbocycles. The van der Waals surface area contributed by atoms with Crippen LogP contribution in [-0.4, -0.2) is 45.5 Å². The topological polar surface area (TPSA) is 84.9 Å². The van der Waals surface area contributed by atoms with Gasteiger partial charge < -0.3 is 14.4 Å². The summed E-state index contributed by atoms with van der Waals surface area (Å²) in [4.78, 5) is 14.9. The third-order valence-electron chi connectivity index (χ3n) is 5.39. The summed E-state index contributed by atoms with van der Waals surface area (Å²) >= 11 is 0. The van der Waals surface area contributed by atoms with E-state index in [0.717, 1.165) is 30.6 Å². The molecule has 1 heterocycles. The number of nitrogens with zero attached hydrogens (tertiary/aromatic N) is 1. The van der Waals surface area contributed by atoms with E-state index >= 15 is 0 Å². The maximum absolute atomic E-state index is 13.2. The van der Waals surface area contributed by atoms with Crippen LogP contribution in [0.15, 0.2) is 41.3 Å². The molecular formula is C22H26N2O5S. The van der Waals surface area contributed by atoms with E-state index in [1.807, 2.05) is 25.1 Å². The molecule has 0 saturated heterocycles. The fourth-order valence-corrected chi connectivity index (χ4v) is 5.15. The SMILES string of the molecule is CCOc1ccc2c(c1)CN(C(=O)c1ccc(OC)c(S(=O)(=O)NC3CC3)c1)CC2. The molecule has 1 fully saturated rings. The second kappa shape index (κ2) is 8.28. The van der Waals surface area contributed by atoms with Crippen LogP contribution in [0.4, 0.5) is 0 Å². The normalized spacial score (nSPS) is 16.1. The highest BCUT2D eigenvalue weighted by molar-refractivity contribution is 7.89. The number of sulfonamides is 1. The number of rotatable bonds is 7. The van der Waals surface area contributed by atoms with Crippen molar-refractivity contribution in [2.75, 3.05) is 20.3 Å². The van der Waals surface area contributed by atoms with E-state index in [1.54, 1.807) is 17.0 Å². The van der Waals surface area contributed by atoms with Gasteiger partial charge >= 0.3 is 0 Å². The third-order valence-corrected chi connectivity index (χ3v) is 6.93. The Morgan fingerprint density at radius 2 is 1.97 bits per heavy atom. The zero-order valence-corrected chi connectivity index (χ0v) is 18.0. The maximum atomic E-state index is 13.2. The highest BCUT2D eigenvalue weighted by atomic mass is 32.2. The summed E-state index contributed by atoms with van der Waals surface area (Å²) in [6.45, 7) is 3.56. The molecule has 30 heavy (non-hydrogen) atoms. The van der Waals surface area contributed by atoms with E-state index in [4.69, 9.17) is 9.47 Å². The molecule has 1 aliphatic carbocycles. The molecule has 8 heteroatoms. The molecule has 0 bridgehead atoms. The molecular weight excluding hydrogens is 404 g/mol. The highest BCUT2D eigenvalue weighted by Gasteiger charge is 2.31. The Morgan fingerprint density at radius 3 is 2.67 bits per heavy atom. The van der Waals surface area contributed by atoms with E-state index in [-0.39, 0.29) is 22.6 Å². The minimum absolute atomic E-state index is 0.00112. The quantitative estimate of drug-likeness (QED) is 0.730. The molecule has 2 aliphatic rings.